The van der Waals surface area contributed by atoms with Crippen LogP contribution in [0.3, 0.4) is 0 Å². The summed E-state index contributed by atoms with van der Waals surface area (Å²) < 4.78 is 1.41. The second-order valence-electron chi connectivity index (χ2n) is 3.21. The highest BCUT2D eigenvalue weighted by atomic mass is 35.5. The van der Waals surface area contributed by atoms with Gasteiger partial charge in [-0.2, -0.15) is 36.1 Å². The minimum atomic E-state index is 0.0910. The van der Waals surface area contributed by atoms with Gasteiger partial charge in [0.05, 0.1) is 5.69 Å². The van der Waals surface area contributed by atoms with Crippen molar-refractivity contribution in [3.05, 3.63) is 34.8 Å². The third-order valence-electron chi connectivity index (χ3n) is 2.00. The zero-order valence-corrected chi connectivity index (χ0v) is 10.4. The molecule has 18 heavy (non-hydrogen) atoms. The first-order valence-electron chi connectivity index (χ1n) is 4.87. The van der Waals surface area contributed by atoms with Crippen LogP contribution in [0.1, 0.15) is 0 Å². The van der Waals surface area contributed by atoms with Crippen LogP contribution in [0.15, 0.2) is 29.5 Å². The van der Waals surface area contributed by atoms with E-state index in [1.165, 1.54) is 17.3 Å². The van der Waals surface area contributed by atoms with Gasteiger partial charge in [-0.3, -0.25) is 0 Å². The molecule has 0 radical (unpaired) electrons. The molecule has 90 valence electrons. The van der Waals surface area contributed by atoms with Crippen molar-refractivity contribution in [3.8, 4) is 5.95 Å². The second kappa shape index (κ2) is 4.67. The molecule has 0 aromatic carbocycles. The largest absolute Gasteiger partial charge is 0.323 e. The number of aromatic nitrogens is 6. The van der Waals surface area contributed by atoms with Gasteiger partial charge < -0.3 is 5.32 Å². The fraction of sp³-hybridized carbons (Fsp3) is 0. The van der Waals surface area contributed by atoms with Gasteiger partial charge in [-0.05, 0) is 23.0 Å². The molecule has 0 aliphatic heterocycles. The zero-order chi connectivity index (χ0) is 12.4. The van der Waals surface area contributed by atoms with E-state index in [9.17, 15) is 0 Å². The summed E-state index contributed by atoms with van der Waals surface area (Å²) >= 11 is 7.42. The van der Waals surface area contributed by atoms with Crippen LogP contribution in [-0.2, 0) is 0 Å². The number of nitrogens with one attached hydrogen (secondary N) is 1. The maximum Gasteiger partial charge on any atom is 0.258 e. The first-order chi connectivity index (χ1) is 8.81. The second-order valence-corrected chi connectivity index (χ2v) is 4.32. The Hall–Kier alpha value is -2.06. The maximum atomic E-state index is 5.85. The topological polar surface area (TPSA) is 81.4 Å². The summed E-state index contributed by atoms with van der Waals surface area (Å²) in [5.41, 5.74) is 0.895. The molecule has 0 aliphatic rings. The van der Waals surface area contributed by atoms with E-state index in [1.807, 2.05) is 16.8 Å². The number of hydrogen-bond acceptors (Lipinski definition) is 7. The van der Waals surface area contributed by atoms with E-state index in [1.54, 1.807) is 11.3 Å². The zero-order valence-electron chi connectivity index (χ0n) is 8.86. The van der Waals surface area contributed by atoms with Gasteiger partial charge >= 0.3 is 0 Å². The lowest BCUT2D eigenvalue weighted by atomic mass is 10.5. The molecule has 7 nitrogen and oxygen atoms in total. The summed E-state index contributed by atoms with van der Waals surface area (Å²) in [7, 11) is 0. The molecule has 0 spiro atoms. The number of halogens is 1. The van der Waals surface area contributed by atoms with E-state index in [-0.39, 0.29) is 5.28 Å². The van der Waals surface area contributed by atoms with Gasteiger partial charge in [0.2, 0.25) is 11.2 Å². The van der Waals surface area contributed by atoms with E-state index in [0.717, 1.165) is 5.69 Å². The monoisotopic (exact) mass is 279 g/mol. The van der Waals surface area contributed by atoms with Crippen molar-refractivity contribution in [2.45, 2.75) is 0 Å². The van der Waals surface area contributed by atoms with Crippen LogP contribution >= 0.6 is 22.9 Å². The predicted molar refractivity (Wildman–Crippen MR) is 67.4 cm³/mol. The lowest BCUT2D eigenvalue weighted by Crippen LogP contribution is -2.06. The summed E-state index contributed by atoms with van der Waals surface area (Å²) in [6.07, 6.45) is 2.88. The molecule has 0 atom stereocenters. The maximum absolute atomic E-state index is 5.85. The molecule has 3 rings (SSSR count). The van der Waals surface area contributed by atoms with Gasteiger partial charge in [-0.25, -0.2) is 4.98 Å². The lowest BCUT2D eigenvalue weighted by molar-refractivity contribution is 0.796. The van der Waals surface area contributed by atoms with Crippen LogP contribution in [0.2, 0.25) is 5.28 Å². The van der Waals surface area contributed by atoms with Gasteiger partial charge in [0.15, 0.2) is 0 Å². The highest BCUT2D eigenvalue weighted by molar-refractivity contribution is 7.08. The molecule has 0 saturated carbocycles. The minimum absolute atomic E-state index is 0.0910. The Morgan fingerprint density at radius 3 is 2.94 bits per heavy atom. The summed E-state index contributed by atoms with van der Waals surface area (Å²) in [4.78, 5) is 16.0. The summed E-state index contributed by atoms with van der Waals surface area (Å²) in [5, 5.41) is 10.9. The first kappa shape index (κ1) is 11.1. The first-order valence-corrected chi connectivity index (χ1v) is 6.19. The molecule has 3 aromatic heterocycles. The summed E-state index contributed by atoms with van der Waals surface area (Å²) in [6, 6.07) is 1.91. The molecule has 9 heteroatoms. The number of anilines is 2. The van der Waals surface area contributed by atoms with E-state index in [0.29, 0.717) is 11.9 Å². The average Bonchev–Trinajstić information content (AvgIpc) is 3.00. The Labute approximate surface area is 111 Å². The Morgan fingerprint density at radius 2 is 2.22 bits per heavy atom. The van der Waals surface area contributed by atoms with E-state index < -0.39 is 0 Å². The van der Waals surface area contributed by atoms with Crippen LogP contribution in [0.4, 0.5) is 11.6 Å². The molecular weight excluding hydrogens is 274 g/mol. The van der Waals surface area contributed by atoms with Crippen LogP contribution in [0.25, 0.3) is 5.95 Å². The third kappa shape index (κ3) is 2.29. The van der Waals surface area contributed by atoms with Gasteiger partial charge in [0.25, 0.3) is 5.95 Å². The lowest BCUT2D eigenvalue weighted by Gasteiger charge is -2.04. The molecule has 0 unspecified atom stereocenters. The van der Waals surface area contributed by atoms with Crippen molar-refractivity contribution < 1.29 is 0 Å². The van der Waals surface area contributed by atoms with E-state index in [4.69, 9.17) is 11.6 Å². The van der Waals surface area contributed by atoms with Crippen molar-refractivity contribution in [1.29, 1.82) is 0 Å². The standard InChI is InChI=1S/C9H6ClN7S/c10-7-14-8(13-6-1-2-18-3-6)16-9(15-7)17-5-11-4-12-17/h1-5H,(H,13,14,15,16). The number of thiophene rings is 1. The number of rotatable bonds is 3. The molecule has 0 bridgehead atoms. The SMILES string of the molecule is Clc1nc(Nc2ccsc2)nc(-n2cncn2)n1. The normalized spacial score (nSPS) is 10.5. The van der Waals surface area contributed by atoms with Crippen molar-refractivity contribution in [2.75, 3.05) is 5.32 Å². The van der Waals surface area contributed by atoms with Crippen molar-refractivity contribution in [3.63, 3.8) is 0 Å². The molecule has 1 N–H and O–H groups in total. The molecular formula is C9H6ClN7S. The average molecular weight is 280 g/mol. The predicted octanol–water partition coefficient (Wildman–Crippen LogP) is 1.91. The molecule has 0 amide bonds. The van der Waals surface area contributed by atoms with Gasteiger partial charge in [-0.1, -0.05) is 0 Å². The van der Waals surface area contributed by atoms with E-state index in [2.05, 4.69) is 30.4 Å². The van der Waals surface area contributed by atoms with Crippen molar-refractivity contribution >= 4 is 34.6 Å². The Balaban J connectivity index is 1.96. The fourth-order valence-corrected chi connectivity index (χ4v) is 2.02. The molecule has 3 aromatic rings. The van der Waals surface area contributed by atoms with Crippen LogP contribution in [-0.4, -0.2) is 29.7 Å². The summed E-state index contributed by atoms with van der Waals surface area (Å²) in [6.45, 7) is 0. The van der Waals surface area contributed by atoms with Gasteiger partial charge in [-0.15, -0.1) is 0 Å². The Morgan fingerprint density at radius 1 is 1.28 bits per heavy atom. The quantitative estimate of drug-likeness (QED) is 0.789. The van der Waals surface area contributed by atoms with Gasteiger partial charge in [0.1, 0.15) is 12.7 Å². The Bertz CT molecular complexity index is 637. The molecule has 3 heterocycles. The van der Waals surface area contributed by atoms with Crippen molar-refractivity contribution in [1.82, 2.24) is 29.7 Å². The van der Waals surface area contributed by atoms with Crippen LogP contribution < -0.4 is 5.32 Å². The Kier molecular flexibility index (Phi) is 2.87. The van der Waals surface area contributed by atoms with Crippen LogP contribution in [0.5, 0.6) is 0 Å². The fourth-order valence-electron chi connectivity index (χ4n) is 1.27. The third-order valence-corrected chi connectivity index (χ3v) is 2.85. The van der Waals surface area contributed by atoms with Crippen LogP contribution in [0, 0.1) is 0 Å². The number of hydrogen-bond donors (Lipinski definition) is 1. The highest BCUT2D eigenvalue weighted by Gasteiger charge is 2.07. The molecule has 0 saturated heterocycles. The number of nitrogens with zero attached hydrogens (tertiary/aromatic N) is 6. The van der Waals surface area contributed by atoms with Crippen molar-refractivity contribution in [2.24, 2.45) is 0 Å². The van der Waals surface area contributed by atoms with Gasteiger partial charge in [0, 0.05) is 5.38 Å². The molecule has 0 aliphatic carbocycles. The summed E-state index contributed by atoms with van der Waals surface area (Å²) in [5.74, 6) is 0.670. The minimum Gasteiger partial charge on any atom is -0.323 e. The highest BCUT2D eigenvalue weighted by Crippen LogP contribution is 2.17. The molecule has 0 fully saturated rings. The smallest absolute Gasteiger partial charge is 0.258 e. The van der Waals surface area contributed by atoms with E-state index >= 15 is 0 Å².